The van der Waals surface area contributed by atoms with Crippen LogP contribution in [0.1, 0.15) is 51.1 Å². The summed E-state index contributed by atoms with van der Waals surface area (Å²) < 4.78 is 13.3. The topological polar surface area (TPSA) is 67.7 Å². The average molecular weight is 413 g/mol. The van der Waals surface area contributed by atoms with Crippen molar-refractivity contribution >= 4 is 11.8 Å². The van der Waals surface area contributed by atoms with Crippen molar-refractivity contribution in [2.24, 2.45) is 5.92 Å². The highest BCUT2D eigenvalue weighted by atomic mass is 19.1. The van der Waals surface area contributed by atoms with Crippen molar-refractivity contribution in [3.05, 3.63) is 35.6 Å². The lowest BCUT2D eigenvalue weighted by Crippen LogP contribution is -2.53. The molecule has 0 saturated carbocycles. The Morgan fingerprint density at radius 2 is 2.07 bits per heavy atom. The minimum absolute atomic E-state index is 0.0175. The van der Waals surface area contributed by atoms with Gasteiger partial charge in [0.2, 0.25) is 11.8 Å². The Kier molecular flexibility index (Phi) is 5.79. The standard InChI is InChI=1S/C23H29FN4O2/c1-3-20(16-6-8-17(24)9-7-16)28-19-11-21(23(28)30)26(14-19)13-15(2)22(29)27-10-4-5-18(27)12-25/h6-9,15,18-21H,3-5,10-11,13-14H2,1-2H3/t15-,18-,19-,20-,21-/m0/s1. The van der Waals surface area contributed by atoms with E-state index < -0.39 is 0 Å². The Hall–Kier alpha value is -2.46. The largest absolute Gasteiger partial charge is 0.330 e. The molecule has 3 aliphatic heterocycles. The van der Waals surface area contributed by atoms with Crippen LogP contribution in [-0.2, 0) is 9.59 Å². The highest BCUT2D eigenvalue weighted by Gasteiger charge is 2.52. The molecule has 0 radical (unpaired) electrons. The van der Waals surface area contributed by atoms with E-state index in [0.29, 0.717) is 13.1 Å². The number of benzene rings is 1. The molecule has 5 atom stereocenters. The maximum absolute atomic E-state index is 13.3. The molecule has 0 spiro atoms. The van der Waals surface area contributed by atoms with Gasteiger partial charge in [-0.2, -0.15) is 5.26 Å². The van der Waals surface area contributed by atoms with E-state index in [9.17, 15) is 19.2 Å². The van der Waals surface area contributed by atoms with Gasteiger partial charge in [0.15, 0.2) is 0 Å². The van der Waals surface area contributed by atoms with Gasteiger partial charge < -0.3 is 9.80 Å². The van der Waals surface area contributed by atoms with Crippen LogP contribution >= 0.6 is 0 Å². The van der Waals surface area contributed by atoms with E-state index in [2.05, 4.69) is 11.0 Å². The number of carbonyl (C=O) groups is 2. The first-order valence-electron chi connectivity index (χ1n) is 11.0. The molecule has 1 aromatic rings. The van der Waals surface area contributed by atoms with E-state index in [4.69, 9.17) is 0 Å². The molecule has 4 rings (SSSR count). The quantitative estimate of drug-likeness (QED) is 0.721. The first kappa shape index (κ1) is 20.8. The van der Waals surface area contributed by atoms with Crippen LogP contribution in [0.5, 0.6) is 0 Å². The fourth-order valence-electron chi connectivity index (χ4n) is 5.46. The Morgan fingerprint density at radius 3 is 2.70 bits per heavy atom. The van der Waals surface area contributed by atoms with Crippen LogP contribution in [-0.4, -0.2) is 64.3 Å². The van der Waals surface area contributed by atoms with E-state index in [1.54, 1.807) is 17.0 Å². The van der Waals surface area contributed by atoms with Crippen molar-refractivity contribution in [1.82, 2.24) is 14.7 Å². The molecule has 3 fully saturated rings. The summed E-state index contributed by atoms with van der Waals surface area (Å²) in [6.45, 7) is 5.90. The lowest BCUT2D eigenvalue weighted by atomic mass is 10.0. The van der Waals surface area contributed by atoms with Gasteiger partial charge in [-0.05, 0) is 43.4 Å². The molecule has 0 N–H and O–H groups in total. The van der Waals surface area contributed by atoms with Crippen LogP contribution in [0.4, 0.5) is 4.39 Å². The molecule has 3 heterocycles. The number of likely N-dealkylation sites (tertiary alicyclic amines) is 3. The maximum atomic E-state index is 13.3. The molecule has 160 valence electrons. The zero-order valence-corrected chi connectivity index (χ0v) is 17.6. The molecule has 0 aromatic heterocycles. The normalized spacial score (nSPS) is 28.1. The highest BCUT2D eigenvalue weighted by molar-refractivity contribution is 5.86. The fraction of sp³-hybridized carbons (Fsp3) is 0.609. The first-order chi connectivity index (χ1) is 14.4. The summed E-state index contributed by atoms with van der Waals surface area (Å²) in [5, 5.41) is 9.26. The van der Waals surface area contributed by atoms with Crippen LogP contribution in [0.25, 0.3) is 0 Å². The Morgan fingerprint density at radius 1 is 1.33 bits per heavy atom. The molecule has 0 unspecified atom stereocenters. The monoisotopic (exact) mass is 412 g/mol. The number of nitrogens with zero attached hydrogens (tertiary/aromatic N) is 4. The van der Waals surface area contributed by atoms with Gasteiger partial charge in [0.05, 0.1) is 18.2 Å². The lowest BCUT2D eigenvalue weighted by Gasteiger charge is -2.39. The molecule has 2 amide bonds. The summed E-state index contributed by atoms with van der Waals surface area (Å²) in [6.07, 6.45) is 3.18. The predicted molar refractivity (Wildman–Crippen MR) is 110 cm³/mol. The molecular formula is C23H29FN4O2. The molecule has 2 bridgehead atoms. The molecule has 6 nitrogen and oxygen atoms in total. The van der Waals surface area contributed by atoms with Gasteiger partial charge in [-0.1, -0.05) is 26.0 Å². The number of hydrogen-bond donors (Lipinski definition) is 0. The predicted octanol–water partition coefficient (Wildman–Crippen LogP) is 2.71. The number of hydrogen-bond acceptors (Lipinski definition) is 4. The number of amides is 2. The van der Waals surface area contributed by atoms with E-state index in [1.165, 1.54) is 12.1 Å². The number of rotatable bonds is 6. The smallest absolute Gasteiger partial charge is 0.240 e. The fourth-order valence-corrected chi connectivity index (χ4v) is 5.46. The Balaban J connectivity index is 1.41. The minimum Gasteiger partial charge on any atom is -0.330 e. The van der Waals surface area contributed by atoms with Gasteiger partial charge in [0, 0.05) is 31.6 Å². The third-order valence-electron chi connectivity index (χ3n) is 6.91. The van der Waals surface area contributed by atoms with Crippen LogP contribution in [0.2, 0.25) is 0 Å². The Bertz CT molecular complexity index is 852. The first-order valence-corrected chi connectivity index (χ1v) is 11.0. The van der Waals surface area contributed by atoms with Crippen molar-refractivity contribution in [3.63, 3.8) is 0 Å². The molecular weight excluding hydrogens is 383 g/mol. The van der Waals surface area contributed by atoms with E-state index in [0.717, 1.165) is 37.8 Å². The number of fused-ring (bicyclic) bond motifs is 2. The summed E-state index contributed by atoms with van der Waals surface area (Å²) >= 11 is 0. The van der Waals surface area contributed by atoms with Crippen LogP contribution in [0.15, 0.2) is 24.3 Å². The number of carbonyl (C=O) groups excluding carboxylic acids is 2. The summed E-state index contributed by atoms with van der Waals surface area (Å²) in [6, 6.07) is 8.23. The summed E-state index contributed by atoms with van der Waals surface area (Å²) in [5.74, 6) is -0.384. The van der Waals surface area contributed by atoms with Gasteiger partial charge in [0.1, 0.15) is 11.9 Å². The van der Waals surface area contributed by atoms with Gasteiger partial charge in [0.25, 0.3) is 0 Å². The van der Waals surface area contributed by atoms with Gasteiger partial charge in [-0.3, -0.25) is 14.5 Å². The average Bonchev–Trinajstić information content (AvgIpc) is 3.45. The van der Waals surface area contributed by atoms with Crippen molar-refractivity contribution in [2.75, 3.05) is 19.6 Å². The third-order valence-corrected chi connectivity index (χ3v) is 6.91. The number of nitriles is 1. The van der Waals surface area contributed by atoms with Crippen LogP contribution < -0.4 is 0 Å². The molecule has 7 heteroatoms. The lowest BCUT2D eigenvalue weighted by molar-refractivity contribution is -0.142. The molecule has 30 heavy (non-hydrogen) atoms. The molecule has 1 aromatic carbocycles. The van der Waals surface area contributed by atoms with Crippen molar-refractivity contribution in [2.45, 2.75) is 63.7 Å². The van der Waals surface area contributed by atoms with E-state index >= 15 is 0 Å². The minimum atomic E-state index is -0.312. The van der Waals surface area contributed by atoms with Crippen molar-refractivity contribution in [1.29, 1.82) is 5.26 Å². The molecule has 3 saturated heterocycles. The second-order valence-corrected chi connectivity index (χ2v) is 8.80. The zero-order chi connectivity index (χ0) is 21.4. The second kappa shape index (κ2) is 8.35. The SMILES string of the molecule is CC[C@@H](c1ccc(F)cc1)N1C(=O)[C@@H]2C[C@H]1CN2C[C@H](C)C(=O)N1CCC[C@H]1C#N. The van der Waals surface area contributed by atoms with E-state index in [-0.39, 0.29) is 47.7 Å². The molecule has 3 aliphatic rings. The van der Waals surface area contributed by atoms with E-state index in [1.807, 2.05) is 18.7 Å². The number of halogens is 1. The van der Waals surface area contributed by atoms with Crippen LogP contribution in [0, 0.1) is 23.1 Å². The second-order valence-electron chi connectivity index (χ2n) is 8.80. The Labute approximate surface area is 177 Å². The summed E-state index contributed by atoms with van der Waals surface area (Å²) in [5.41, 5.74) is 0.964. The summed E-state index contributed by atoms with van der Waals surface area (Å²) in [7, 11) is 0. The zero-order valence-electron chi connectivity index (χ0n) is 17.6. The third kappa shape index (κ3) is 3.58. The number of piperazine rings is 1. The maximum Gasteiger partial charge on any atom is 0.240 e. The van der Waals surface area contributed by atoms with Gasteiger partial charge in [-0.25, -0.2) is 4.39 Å². The highest BCUT2D eigenvalue weighted by Crippen LogP contribution is 2.39. The summed E-state index contributed by atoms with van der Waals surface area (Å²) in [4.78, 5) is 31.9. The molecule has 0 aliphatic carbocycles. The van der Waals surface area contributed by atoms with Gasteiger partial charge in [-0.15, -0.1) is 0 Å². The van der Waals surface area contributed by atoms with Crippen molar-refractivity contribution < 1.29 is 14.0 Å². The van der Waals surface area contributed by atoms with Gasteiger partial charge >= 0.3 is 0 Å². The van der Waals surface area contributed by atoms with Crippen molar-refractivity contribution in [3.8, 4) is 6.07 Å². The van der Waals surface area contributed by atoms with Crippen LogP contribution in [0.3, 0.4) is 0 Å².